The summed E-state index contributed by atoms with van der Waals surface area (Å²) in [6.07, 6.45) is 0.853. The third-order valence-electron chi connectivity index (χ3n) is 5.46. The first-order valence-corrected chi connectivity index (χ1v) is 8.55. The van der Waals surface area contributed by atoms with E-state index in [0.29, 0.717) is 6.42 Å². The number of pyridine rings is 1. The van der Waals surface area contributed by atoms with Crippen LogP contribution in [0.3, 0.4) is 0 Å². The second-order valence-corrected chi connectivity index (χ2v) is 7.08. The summed E-state index contributed by atoms with van der Waals surface area (Å²) in [5.74, 6) is -1.48. The van der Waals surface area contributed by atoms with Crippen molar-refractivity contribution in [3.05, 3.63) is 28.2 Å². The summed E-state index contributed by atoms with van der Waals surface area (Å²) in [7, 11) is 2.01. The maximum atomic E-state index is 13.5. The van der Waals surface area contributed by atoms with Gasteiger partial charge in [-0.15, -0.1) is 0 Å². The number of carbonyl (C=O) groups excluding carboxylic acids is 1. The molecule has 1 N–H and O–H groups in total. The van der Waals surface area contributed by atoms with E-state index in [2.05, 4.69) is 10.2 Å². The molecule has 1 aromatic heterocycles. The Balaban J connectivity index is 0.00000243. The van der Waals surface area contributed by atoms with Crippen LogP contribution in [0.5, 0.6) is 0 Å². The molecular formula is C17H22F2LiN3O3. The molecule has 1 aromatic rings. The smallest absolute Gasteiger partial charge is 0.545 e. The fourth-order valence-electron chi connectivity index (χ4n) is 3.64. The number of hydrogen-bond acceptors (Lipinski definition) is 5. The van der Waals surface area contributed by atoms with Crippen molar-refractivity contribution in [2.24, 2.45) is 0 Å². The summed E-state index contributed by atoms with van der Waals surface area (Å²) in [6, 6.07) is 1.16. The van der Waals surface area contributed by atoms with E-state index in [9.17, 15) is 23.5 Å². The summed E-state index contributed by atoms with van der Waals surface area (Å²) in [5, 5.41) is 14.6. The quantitative estimate of drug-likeness (QED) is 0.606. The first-order valence-electron chi connectivity index (χ1n) is 8.55. The van der Waals surface area contributed by atoms with Crippen LogP contribution < -0.4 is 34.8 Å². The SMILES string of the molecule is CN1CCC(Nc2cc(=O)n(C3(C(F)F)CCC3)cc2C(=O)[O-])CC1.[Li+]. The van der Waals surface area contributed by atoms with Gasteiger partial charge in [0, 0.05) is 23.9 Å². The molecule has 6 nitrogen and oxygen atoms in total. The van der Waals surface area contributed by atoms with Gasteiger partial charge in [0.15, 0.2) is 0 Å². The summed E-state index contributed by atoms with van der Waals surface area (Å²) < 4.78 is 27.9. The van der Waals surface area contributed by atoms with Crippen molar-refractivity contribution >= 4 is 11.7 Å². The monoisotopic (exact) mass is 361 g/mol. The predicted molar refractivity (Wildman–Crippen MR) is 87.0 cm³/mol. The number of hydrogen-bond donors (Lipinski definition) is 1. The number of carbonyl (C=O) groups is 1. The van der Waals surface area contributed by atoms with Crippen LogP contribution in [0.15, 0.2) is 17.1 Å². The molecule has 138 valence electrons. The fraction of sp³-hybridized carbons (Fsp3) is 0.647. The largest absolute Gasteiger partial charge is 1.00 e. The Hall–Kier alpha value is -1.36. The van der Waals surface area contributed by atoms with E-state index in [1.165, 1.54) is 0 Å². The van der Waals surface area contributed by atoms with Crippen LogP contribution in [0.4, 0.5) is 14.5 Å². The van der Waals surface area contributed by atoms with Crippen molar-refractivity contribution in [3.63, 3.8) is 0 Å². The Morgan fingerprint density at radius 3 is 2.42 bits per heavy atom. The van der Waals surface area contributed by atoms with Gasteiger partial charge >= 0.3 is 18.9 Å². The molecule has 0 unspecified atom stereocenters. The number of nitrogens with zero attached hydrogens (tertiary/aromatic N) is 2. The van der Waals surface area contributed by atoms with E-state index in [1.54, 1.807) is 0 Å². The molecule has 2 aliphatic rings. The fourth-order valence-corrected chi connectivity index (χ4v) is 3.64. The molecule has 0 radical (unpaired) electrons. The predicted octanol–water partition coefficient (Wildman–Crippen LogP) is -2.13. The van der Waals surface area contributed by atoms with Crippen LogP contribution >= 0.6 is 0 Å². The van der Waals surface area contributed by atoms with Gasteiger partial charge in [-0.05, 0) is 52.2 Å². The van der Waals surface area contributed by atoms with Crippen molar-refractivity contribution < 1.29 is 37.5 Å². The summed E-state index contributed by atoms with van der Waals surface area (Å²) in [5.41, 5.74) is -2.29. The molecule has 0 aromatic carbocycles. The van der Waals surface area contributed by atoms with Gasteiger partial charge in [-0.25, -0.2) is 8.78 Å². The van der Waals surface area contributed by atoms with Gasteiger partial charge < -0.3 is 24.7 Å². The zero-order valence-electron chi connectivity index (χ0n) is 15.1. The summed E-state index contributed by atoms with van der Waals surface area (Å²) in [6.45, 7) is 1.73. The van der Waals surface area contributed by atoms with Crippen LogP contribution in [0, 0.1) is 0 Å². The molecule has 2 heterocycles. The summed E-state index contributed by atoms with van der Waals surface area (Å²) in [4.78, 5) is 26.1. The number of nitrogens with one attached hydrogen (secondary N) is 1. The Morgan fingerprint density at radius 2 is 1.96 bits per heavy atom. The van der Waals surface area contributed by atoms with E-state index in [4.69, 9.17) is 0 Å². The molecule has 1 aliphatic heterocycles. The first kappa shape index (κ1) is 20.9. The molecule has 0 atom stereocenters. The third-order valence-corrected chi connectivity index (χ3v) is 5.46. The van der Waals surface area contributed by atoms with E-state index >= 15 is 0 Å². The topological polar surface area (TPSA) is 77.4 Å². The molecule has 1 aliphatic carbocycles. The van der Waals surface area contributed by atoms with Gasteiger partial charge in [0.25, 0.3) is 12.0 Å². The van der Waals surface area contributed by atoms with Gasteiger partial charge in [0.05, 0.1) is 11.7 Å². The van der Waals surface area contributed by atoms with Crippen LogP contribution in [0.2, 0.25) is 0 Å². The molecular weight excluding hydrogens is 339 g/mol. The molecule has 9 heteroatoms. The second-order valence-electron chi connectivity index (χ2n) is 7.08. The number of piperidine rings is 1. The van der Waals surface area contributed by atoms with Crippen molar-refractivity contribution in [2.75, 3.05) is 25.5 Å². The molecule has 2 fully saturated rings. The van der Waals surface area contributed by atoms with Crippen LogP contribution in [0.25, 0.3) is 0 Å². The van der Waals surface area contributed by atoms with Crippen molar-refractivity contribution in [3.8, 4) is 0 Å². The number of carboxylic acids is 1. The van der Waals surface area contributed by atoms with Crippen molar-refractivity contribution in [1.82, 2.24) is 9.47 Å². The Labute approximate surface area is 162 Å². The number of rotatable bonds is 5. The molecule has 3 rings (SSSR count). The molecule has 26 heavy (non-hydrogen) atoms. The van der Waals surface area contributed by atoms with Gasteiger partial charge in [0.1, 0.15) is 5.54 Å². The van der Waals surface area contributed by atoms with Gasteiger partial charge in [-0.2, -0.15) is 0 Å². The van der Waals surface area contributed by atoms with Gasteiger partial charge in [-0.1, -0.05) is 0 Å². The van der Waals surface area contributed by atoms with Crippen LogP contribution in [-0.4, -0.2) is 48.0 Å². The van der Waals surface area contributed by atoms with Crippen molar-refractivity contribution in [2.45, 2.75) is 50.1 Å². The Morgan fingerprint density at radius 1 is 1.35 bits per heavy atom. The van der Waals surface area contributed by atoms with Crippen molar-refractivity contribution in [1.29, 1.82) is 0 Å². The molecule has 1 saturated heterocycles. The van der Waals surface area contributed by atoms with E-state index in [1.807, 2.05) is 7.05 Å². The average molecular weight is 361 g/mol. The normalized spacial score (nSPS) is 20.3. The third kappa shape index (κ3) is 3.83. The Kier molecular flexibility index (Phi) is 6.54. The van der Waals surface area contributed by atoms with Crippen LogP contribution in [-0.2, 0) is 5.54 Å². The van der Waals surface area contributed by atoms with E-state index < -0.39 is 23.5 Å². The maximum absolute atomic E-state index is 13.5. The van der Waals surface area contributed by atoms with Gasteiger partial charge in [-0.3, -0.25) is 4.79 Å². The number of alkyl halides is 2. The minimum atomic E-state index is -2.72. The summed E-state index contributed by atoms with van der Waals surface area (Å²) >= 11 is 0. The number of likely N-dealkylation sites (tertiary alicyclic amines) is 1. The number of aromatic nitrogens is 1. The molecule has 1 saturated carbocycles. The molecule has 0 spiro atoms. The zero-order valence-corrected chi connectivity index (χ0v) is 15.1. The number of aromatic carboxylic acids is 1. The standard InChI is InChI=1S/C17H23F2N3O3.Li/c1-21-7-3-11(4-8-21)20-13-9-14(23)22(10-12(13)15(24)25)17(16(18)19)5-2-6-17;/h9-11,16,20H,2-8H2,1H3,(H,24,25);/q;+1/p-1. The zero-order chi connectivity index (χ0) is 18.2. The number of anilines is 1. The molecule has 0 amide bonds. The Bertz CT molecular complexity index is 714. The van der Waals surface area contributed by atoms with E-state index in [0.717, 1.165) is 42.8 Å². The van der Waals surface area contributed by atoms with Crippen LogP contribution in [0.1, 0.15) is 42.5 Å². The minimum absolute atomic E-state index is 0. The van der Waals surface area contributed by atoms with E-state index in [-0.39, 0.29) is 49.0 Å². The first-order chi connectivity index (χ1) is 11.8. The second kappa shape index (κ2) is 8.11. The minimum Gasteiger partial charge on any atom is -0.545 e. The molecule has 0 bridgehead atoms. The maximum Gasteiger partial charge on any atom is 1.00 e. The number of halogens is 2. The average Bonchev–Trinajstić information content (AvgIpc) is 2.49. The van der Waals surface area contributed by atoms with Gasteiger partial charge in [0.2, 0.25) is 0 Å². The number of carboxylic acid groups (broad SMARTS) is 1.